The normalized spacial score (nSPS) is 26.3. The van der Waals surface area contributed by atoms with E-state index in [1.54, 1.807) is 24.3 Å². The van der Waals surface area contributed by atoms with Crippen LogP contribution in [0.25, 0.3) is 0 Å². The Labute approximate surface area is 193 Å². The Morgan fingerprint density at radius 1 is 1.06 bits per heavy atom. The fourth-order valence-corrected chi connectivity index (χ4v) is 4.89. The van der Waals surface area contributed by atoms with Crippen LogP contribution < -0.4 is 5.32 Å². The summed E-state index contributed by atoms with van der Waals surface area (Å²) in [5.41, 5.74) is 0.534. The Kier molecular flexibility index (Phi) is 7.52. The van der Waals surface area contributed by atoms with Gasteiger partial charge in [0.05, 0.1) is 12.6 Å². The van der Waals surface area contributed by atoms with Crippen molar-refractivity contribution in [3.05, 3.63) is 29.3 Å². The molecule has 9 nitrogen and oxygen atoms in total. The third kappa shape index (κ3) is 5.71. The number of carbonyl (C=O) groups is 2. The molecule has 32 heavy (non-hydrogen) atoms. The molecule has 2 N–H and O–H groups in total. The molecule has 2 amide bonds. The van der Waals surface area contributed by atoms with Crippen LogP contribution in [0.1, 0.15) is 19.3 Å². The van der Waals surface area contributed by atoms with Crippen molar-refractivity contribution in [3.63, 3.8) is 0 Å². The molecule has 2 atom stereocenters. The maximum atomic E-state index is 13.2. The van der Waals surface area contributed by atoms with Crippen LogP contribution in [0.5, 0.6) is 0 Å². The average Bonchev–Trinajstić information content (AvgIpc) is 3.15. The number of likely N-dealkylation sites (tertiary alicyclic amines) is 1. The van der Waals surface area contributed by atoms with Crippen molar-refractivity contribution in [1.82, 2.24) is 19.8 Å². The standard InChI is InChI=1S/C22H32ClN5O4/c1-25-8-6-18(7-9-25)26-10-12-27(13-11-26)21(30)20-14-19(29)15-28(20)32-22(31)24-17-4-2-16(23)3-5-17/h2-5,18-20,29H,6-15H2,1H3,(H,24,31). The highest BCUT2D eigenvalue weighted by Gasteiger charge is 2.41. The Morgan fingerprint density at radius 2 is 1.72 bits per heavy atom. The predicted molar refractivity (Wildman–Crippen MR) is 121 cm³/mol. The molecule has 3 aliphatic rings. The van der Waals surface area contributed by atoms with Gasteiger partial charge in [0.25, 0.3) is 0 Å². The molecule has 3 aliphatic heterocycles. The third-order valence-electron chi connectivity index (χ3n) is 6.64. The first-order valence-corrected chi connectivity index (χ1v) is 11.7. The minimum absolute atomic E-state index is 0.0936. The Bertz CT molecular complexity index is 794. The zero-order valence-electron chi connectivity index (χ0n) is 18.5. The number of piperidine rings is 1. The molecule has 3 fully saturated rings. The van der Waals surface area contributed by atoms with Gasteiger partial charge in [0.15, 0.2) is 0 Å². The number of rotatable bonds is 4. The topological polar surface area (TPSA) is 88.6 Å². The molecule has 1 aromatic rings. The van der Waals surface area contributed by atoms with Crippen LogP contribution in [0.2, 0.25) is 5.02 Å². The van der Waals surface area contributed by atoms with Crippen molar-refractivity contribution in [1.29, 1.82) is 0 Å². The molecule has 3 saturated heterocycles. The van der Waals surface area contributed by atoms with Crippen molar-refractivity contribution in [3.8, 4) is 0 Å². The van der Waals surface area contributed by atoms with Crippen LogP contribution in [0.15, 0.2) is 24.3 Å². The summed E-state index contributed by atoms with van der Waals surface area (Å²) >= 11 is 5.86. The Hall–Kier alpha value is -1.91. The quantitative estimate of drug-likeness (QED) is 0.696. The van der Waals surface area contributed by atoms with Crippen LogP contribution in [0.3, 0.4) is 0 Å². The number of β-amino-alcohol motifs (C(OH)–C–C–N with tert-alkyl or cyclic N) is 1. The average molecular weight is 466 g/mol. The second-order valence-electron chi connectivity index (χ2n) is 8.91. The lowest BCUT2D eigenvalue weighted by atomic mass is 10.0. The van der Waals surface area contributed by atoms with Gasteiger partial charge in [-0.2, -0.15) is 0 Å². The molecule has 0 saturated carbocycles. The van der Waals surface area contributed by atoms with Crippen LogP contribution in [-0.4, -0.2) is 108 Å². The number of anilines is 1. The highest BCUT2D eigenvalue weighted by molar-refractivity contribution is 6.30. The monoisotopic (exact) mass is 465 g/mol. The third-order valence-corrected chi connectivity index (χ3v) is 6.89. The van der Waals surface area contributed by atoms with Crippen LogP contribution in [0, 0.1) is 0 Å². The number of hydrogen-bond acceptors (Lipinski definition) is 7. The van der Waals surface area contributed by atoms with Gasteiger partial charge in [-0.1, -0.05) is 11.6 Å². The number of nitrogens with one attached hydrogen (secondary N) is 1. The van der Waals surface area contributed by atoms with E-state index in [1.165, 1.54) is 17.9 Å². The lowest BCUT2D eigenvalue weighted by Gasteiger charge is -2.42. The smallest absolute Gasteiger partial charge is 0.392 e. The first-order valence-electron chi connectivity index (χ1n) is 11.3. The zero-order chi connectivity index (χ0) is 22.7. The van der Waals surface area contributed by atoms with E-state index < -0.39 is 18.2 Å². The lowest BCUT2D eigenvalue weighted by Crippen LogP contribution is -2.56. The van der Waals surface area contributed by atoms with Crippen molar-refractivity contribution >= 4 is 29.3 Å². The summed E-state index contributed by atoms with van der Waals surface area (Å²) in [4.78, 5) is 37.6. The van der Waals surface area contributed by atoms with E-state index in [2.05, 4.69) is 22.2 Å². The Morgan fingerprint density at radius 3 is 2.38 bits per heavy atom. The van der Waals surface area contributed by atoms with Crippen molar-refractivity contribution in [2.24, 2.45) is 0 Å². The number of hydroxylamine groups is 2. The molecule has 1 aromatic carbocycles. The molecule has 3 heterocycles. The SMILES string of the molecule is CN1CCC(N2CCN(C(=O)C3CC(O)CN3OC(=O)Nc3ccc(Cl)cc3)CC2)CC1. The highest BCUT2D eigenvalue weighted by Crippen LogP contribution is 2.23. The van der Waals surface area contributed by atoms with Crippen LogP contribution >= 0.6 is 11.6 Å². The van der Waals surface area contributed by atoms with E-state index in [0.717, 1.165) is 26.2 Å². The second kappa shape index (κ2) is 10.4. The van der Waals surface area contributed by atoms with Crippen LogP contribution in [0.4, 0.5) is 10.5 Å². The molecule has 176 valence electrons. The van der Waals surface area contributed by atoms with E-state index in [1.807, 2.05) is 4.90 Å². The number of aliphatic hydroxyl groups is 1. The molecule has 0 spiro atoms. The molecule has 0 aliphatic carbocycles. The van der Waals surface area contributed by atoms with Crippen molar-refractivity contribution < 1.29 is 19.5 Å². The van der Waals surface area contributed by atoms with Crippen LogP contribution in [-0.2, 0) is 9.63 Å². The summed E-state index contributed by atoms with van der Waals surface area (Å²) in [6.45, 7) is 5.37. The number of hydrogen-bond donors (Lipinski definition) is 2. The minimum atomic E-state index is -0.715. The maximum Gasteiger partial charge on any atom is 0.430 e. The highest BCUT2D eigenvalue weighted by atomic mass is 35.5. The number of halogens is 1. The fraction of sp³-hybridized carbons (Fsp3) is 0.636. The molecule has 0 radical (unpaired) electrons. The molecule has 0 bridgehead atoms. The van der Waals surface area contributed by atoms with Crippen molar-refractivity contribution in [2.75, 3.05) is 58.2 Å². The number of amides is 2. The number of piperazine rings is 1. The summed E-state index contributed by atoms with van der Waals surface area (Å²) in [7, 11) is 2.16. The van der Waals surface area contributed by atoms with Gasteiger partial charge < -0.3 is 19.7 Å². The van der Waals surface area contributed by atoms with Gasteiger partial charge in [0.2, 0.25) is 5.91 Å². The first kappa shape index (κ1) is 23.3. The first-order chi connectivity index (χ1) is 15.4. The van der Waals surface area contributed by atoms with E-state index in [9.17, 15) is 14.7 Å². The minimum Gasteiger partial charge on any atom is -0.392 e. The molecule has 2 unspecified atom stereocenters. The van der Waals surface area contributed by atoms with Crippen molar-refractivity contribution in [2.45, 2.75) is 37.5 Å². The number of aliphatic hydroxyl groups excluding tert-OH is 1. The van der Waals surface area contributed by atoms with Gasteiger partial charge >= 0.3 is 6.09 Å². The summed E-state index contributed by atoms with van der Waals surface area (Å²) < 4.78 is 0. The number of benzene rings is 1. The fourth-order valence-electron chi connectivity index (χ4n) is 4.77. The summed E-state index contributed by atoms with van der Waals surface area (Å²) in [5, 5.41) is 14.6. The molecular formula is C22H32ClN5O4. The largest absolute Gasteiger partial charge is 0.430 e. The van der Waals surface area contributed by atoms with Gasteiger partial charge in [0.1, 0.15) is 6.04 Å². The second-order valence-corrected chi connectivity index (χ2v) is 9.35. The molecule has 0 aromatic heterocycles. The lowest BCUT2D eigenvalue weighted by molar-refractivity contribution is -0.156. The number of carbonyl (C=O) groups excluding carboxylic acids is 2. The van der Waals surface area contributed by atoms with Gasteiger partial charge in [-0.05, 0) is 57.2 Å². The number of nitrogens with zero attached hydrogens (tertiary/aromatic N) is 4. The summed E-state index contributed by atoms with van der Waals surface area (Å²) in [6.07, 6.45) is 1.18. The molecular weight excluding hydrogens is 434 g/mol. The van der Waals surface area contributed by atoms with Gasteiger partial charge in [0, 0.05) is 49.4 Å². The van der Waals surface area contributed by atoms with E-state index in [0.29, 0.717) is 29.8 Å². The van der Waals surface area contributed by atoms with E-state index in [4.69, 9.17) is 16.4 Å². The summed E-state index contributed by atoms with van der Waals surface area (Å²) in [5.74, 6) is -0.0936. The van der Waals surface area contributed by atoms with Gasteiger partial charge in [-0.15, -0.1) is 5.06 Å². The predicted octanol–water partition coefficient (Wildman–Crippen LogP) is 1.48. The zero-order valence-corrected chi connectivity index (χ0v) is 19.2. The van der Waals surface area contributed by atoms with Gasteiger partial charge in [-0.25, -0.2) is 4.79 Å². The maximum absolute atomic E-state index is 13.2. The molecule has 4 rings (SSSR count). The van der Waals surface area contributed by atoms with Gasteiger partial charge in [-0.3, -0.25) is 15.0 Å². The Balaban J connectivity index is 1.29. The summed E-state index contributed by atoms with van der Waals surface area (Å²) in [6, 6.07) is 6.57. The molecule has 10 heteroatoms. The van der Waals surface area contributed by atoms with E-state index in [-0.39, 0.29) is 18.9 Å². The van der Waals surface area contributed by atoms with E-state index >= 15 is 0 Å².